The van der Waals surface area contributed by atoms with E-state index in [1.807, 2.05) is 31.2 Å². The molecule has 0 spiro atoms. The minimum atomic E-state index is -0.527. The Morgan fingerprint density at radius 1 is 1.08 bits per heavy atom. The monoisotopic (exact) mass is 506 g/mol. The first kappa shape index (κ1) is 24.3. The molecule has 0 saturated carbocycles. The lowest BCUT2D eigenvalue weighted by atomic mass is 9.75. The molecule has 8 heteroatoms. The van der Waals surface area contributed by atoms with E-state index in [4.69, 9.17) is 9.47 Å². The van der Waals surface area contributed by atoms with E-state index in [1.165, 1.54) is 18.4 Å². The Balaban J connectivity index is 1.58. The summed E-state index contributed by atoms with van der Waals surface area (Å²) in [6, 6.07) is 7.52. The van der Waals surface area contributed by atoms with Crippen LogP contribution in [0.3, 0.4) is 0 Å². The molecule has 1 amide bonds. The first-order valence-corrected chi connectivity index (χ1v) is 13.2. The van der Waals surface area contributed by atoms with Crippen molar-refractivity contribution >= 4 is 34.0 Å². The number of allylic oxidation sites excluding steroid dienone is 3. The first-order chi connectivity index (χ1) is 17.4. The highest BCUT2D eigenvalue weighted by Crippen LogP contribution is 2.44. The average molecular weight is 507 g/mol. The number of nitrogens with one attached hydrogen (secondary N) is 2. The molecule has 0 saturated heterocycles. The van der Waals surface area contributed by atoms with E-state index in [0.29, 0.717) is 39.6 Å². The number of hydrogen-bond donors (Lipinski definition) is 2. The fourth-order valence-electron chi connectivity index (χ4n) is 5.58. The minimum Gasteiger partial charge on any atom is -0.497 e. The van der Waals surface area contributed by atoms with Crippen molar-refractivity contribution in [3.8, 4) is 5.75 Å². The summed E-state index contributed by atoms with van der Waals surface area (Å²) in [7, 11) is 2.96. The third-order valence-electron chi connectivity index (χ3n) is 7.24. The smallest absolute Gasteiger partial charge is 0.341 e. The molecule has 1 atom stereocenters. The Morgan fingerprint density at radius 2 is 1.89 bits per heavy atom. The van der Waals surface area contributed by atoms with Gasteiger partial charge in [0.2, 0.25) is 0 Å². The van der Waals surface area contributed by atoms with Crippen LogP contribution in [-0.4, -0.2) is 31.9 Å². The molecular weight excluding hydrogens is 476 g/mol. The van der Waals surface area contributed by atoms with E-state index in [9.17, 15) is 14.4 Å². The zero-order chi connectivity index (χ0) is 25.4. The number of ketones is 1. The minimum absolute atomic E-state index is 0.0520. The van der Waals surface area contributed by atoms with Gasteiger partial charge in [-0.1, -0.05) is 12.1 Å². The SMILES string of the molecule is COC(=O)c1c(NC(=O)C2=C(C)NC3=C(C(=O)CCC3)C2c2cccc(OC)c2)sc2c1CCCC2. The standard InChI is InChI=1S/C28H30N2O5S/c1-15-22(26(32)30-27-24(28(33)35-3)18-10-4-5-13-21(18)36-27)23(16-8-6-9-17(14-16)34-2)25-19(29-15)11-7-12-20(25)31/h6,8-9,14,23,29H,4-5,7,10-13H2,1-3H3,(H,30,32). The molecular formula is C28H30N2O5S. The number of Topliss-reactive ketones (excluding diaryl/α,β-unsaturated/α-hetero) is 1. The number of ether oxygens (including phenoxy) is 2. The van der Waals surface area contributed by atoms with Gasteiger partial charge in [0, 0.05) is 39.8 Å². The predicted octanol–water partition coefficient (Wildman–Crippen LogP) is 5.03. The lowest BCUT2D eigenvalue weighted by molar-refractivity contribution is -0.116. The Bertz CT molecular complexity index is 1320. The van der Waals surface area contributed by atoms with E-state index in [1.54, 1.807) is 7.11 Å². The zero-order valence-electron chi connectivity index (χ0n) is 20.8. The molecule has 5 rings (SSSR count). The van der Waals surface area contributed by atoms with Crippen LogP contribution in [0.5, 0.6) is 5.75 Å². The van der Waals surface area contributed by atoms with E-state index < -0.39 is 11.9 Å². The van der Waals surface area contributed by atoms with Gasteiger partial charge >= 0.3 is 5.97 Å². The van der Waals surface area contributed by atoms with Crippen molar-refractivity contribution in [2.45, 2.75) is 57.8 Å². The van der Waals surface area contributed by atoms with Gasteiger partial charge in [-0.25, -0.2) is 4.79 Å². The summed E-state index contributed by atoms with van der Waals surface area (Å²) in [6.45, 7) is 1.87. The van der Waals surface area contributed by atoms with Crippen LogP contribution >= 0.6 is 11.3 Å². The van der Waals surface area contributed by atoms with Crippen molar-refractivity contribution in [3.63, 3.8) is 0 Å². The van der Waals surface area contributed by atoms with Gasteiger partial charge in [0.1, 0.15) is 10.8 Å². The summed E-state index contributed by atoms with van der Waals surface area (Å²) in [5, 5.41) is 6.90. The van der Waals surface area contributed by atoms with Crippen molar-refractivity contribution < 1.29 is 23.9 Å². The maximum Gasteiger partial charge on any atom is 0.341 e. The topological polar surface area (TPSA) is 93.7 Å². The van der Waals surface area contributed by atoms with Crippen LogP contribution in [0, 0.1) is 0 Å². The normalized spacial score (nSPS) is 19.3. The Morgan fingerprint density at radius 3 is 2.67 bits per heavy atom. The summed E-state index contributed by atoms with van der Waals surface area (Å²) >= 11 is 1.45. The van der Waals surface area contributed by atoms with E-state index in [-0.39, 0.29) is 11.7 Å². The van der Waals surface area contributed by atoms with E-state index in [2.05, 4.69) is 10.6 Å². The lowest BCUT2D eigenvalue weighted by Gasteiger charge is -2.34. The zero-order valence-corrected chi connectivity index (χ0v) is 21.6. The third kappa shape index (κ3) is 4.23. The molecule has 1 aromatic carbocycles. The number of fused-ring (bicyclic) bond motifs is 1. The fraction of sp³-hybridized carbons (Fsp3) is 0.393. The maximum absolute atomic E-state index is 14.0. The summed E-state index contributed by atoms with van der Waals surface area (Å²) in [4.78, 5) is 41.0. The number of carbonyl (C=O) groups is 3. The Kier molecular flexibility index (Phi) is 6.71. The van der Waals surface area contributed by atoms with Gasteiger partial charge in [0.05, 0.1) is 19.8 Å². The van der Waals surface area contributed by atoms with E-state index >= 15 is 0 Å². The van der Waals surface area contributed by atoms with Crippen molar-refractivity contribution in [2.24, 2.45) is 0 Å². The lowest BCUT2D eigenvalue weighted by Crippen LogP contribution is -2.35. The maximum atomic E-state index is 14.0. The number of amides is 1. The second-order valence-electron chi connectivity index (χ2n) is 9.40. The highest BCUT2D eigenvalue weighted by atomic mass is 32.1. The number of methoxy groups -OCH3 is 2. The summed E-state index contributed by atoms with van der Waals surface area (Å²) in [6.07, 6.45) is 5.76. The van der Waals surface area contributed by atoms with Crippen LogP contribution in [0.4, 0.5) is 5.00 Å². The van der Waals surface area contributed by atoms with Crippen molar-refractivity contribution in [3.05, 3.63) is 68.4 Å². The predicted molar refractivity (Wildman–Crippen MR) is 138 cm³/mol. The van der Waals surface area contributed by atoms with Crippen molar-refractivity contribution in [1.29, 1.82) is 0 Å². The van der Waals surface area contributed by atoms with Crippen molar-refractivity contribution in [2.75, 3.05) is 19.5 Å². The molecule has 1 unspecified atom stereocenters. The van der Waals surface area contributed by atoms with Crippen LogP contribution in [0.1, 0.15) is 71.3 Å². The molecule has 36 heavy (non-hydrogen) atoms. The Labute approximate surface area is 214 Å². The number of anilines is 1. The number of thiophene rings is 1. The van der Waals surface area contributed by atoms with Gasteiger partial charge in [0.25, 0.3) is 5.91 Å². The number of esters is 1. The Hall–Kier alpha value is -3.39. The van der Waals surface area contributed by atoms with Gasteiger partial charge in [-0.05, 0) is 68.7 Å². The fourth-order valence-corrected chi connectivity index (χ4v) is 6.85. The van der Waals surface area contributed by atoms with Crippen LogP contribution < -0.4 is 15.4 Å². The molecule has 1 aromatic heterocycles. The molecule has 1 aliphatic heterocycles. The quantitative estimate of drug-likeness (QED) is 0.553. The molecule has 0 radical (unpaired) electrons. The summed E-state index contributed by atoms with van der Waals surface area (Å²) in [5.74, 6) is -0.584. The number of hydrogen-bond acceptors (Lipinski definition) is 7. The molecule has 188 valence electrons. The van der Waals surface area contributed by atoms with E-state index in [0.717, 1.165) is 60.2 Å². The first-order valence-electron chi connectivity index (χ1n) is 12.3. The largest absolute Gasteiger partial charge is 0.497 e. The molecule has 2 heterocycles. The molecule has 2 N–H and O–H groups in total. The van der Waals surface area contributed by atoms with Crippen LogP contribution in [0.25, 0.3) is 0 Å². The van der Waals surface area contributed by atoms with Gasteiger partial charge in [-0.2, -0.15) is 0 Å². The second kappa shape index (κ2) is 9.93. The second-order valence-corrected chi connectivity index (χ2v) is 10.5. The molecule has 2 aliphatic carbocycles. The third-order valence-corrected chi connectivity index (χ3v) is 8.44. The van der Waals surface area contributed by atoms with Gasteiger partial charge in [-0.15, -0.1) is 11.3 Å². The molecule has 0 fully saturated rings. The molecule has 0 bridgehead atoms. The van der Waals surface area contributed by atoms with Crippen molar-refractivity contribution in [1.82, 2.24) is 5.32 Å². The molecule has 7 nitrogen and oxygen atoms in total. The summed E-state index contributed by atoms with van der Waals surface area (Å²) in [5.41, 5.74) is 4.96. The number of rotatable bonds is 5. The summed E-state index contributed by atoms with van der Waals surface area (Å²) < 4.78 is 10.5. The van der Waals surface area contributed by atoms with Gasteiger partial charge < -0.3 is 20.1 Å². The molecule has 2 aromatic rings. The van der Waals surface area contributed by atoms with Gasteiger partial charge in [0.15, 0.2) is 5.78 Å². The van der Waals surface area contributed by atoms with Crippen LogP contribution in [0.2, 0.25) is 0 Å². The highest BCUT2D eigenvalue weighted by Gasteiger charge is 2.39. The number of dihydropyridines is 1. The van der Waals surface area contributed by atoms with Gasteiger partial charge in [-0.3, -0.25) is 9.59 Å². The molecule has 3 aliphatic rings. The number of aryl methyl sites for hydroxylation is 1. The number of carbonyl (C=O) groups excluding carboxylic acids is 3. The highest BCUT2D eigenvalue weighted by molar-refractivity contribution is 7.17. The average Bonchev–Trinajstić information content (AvgIpc) is 3.25. The number of benzene rings is 1. The van der Waals surface area contributed by atoms with Crippen LogP contribution in [-0.2, 0) is 27.2 Å². The van der Waals surface area contributed by atoms with Crippen LogP contribution in [0.15, 0.2) is 46.8 Å².